The van der Waals surface area contributed by atoms with E-state index < -0.39 is 0 Å². The van der Waals surface area contributed by atoms with Gasteiger partial charge < -0.3 is 15.9 Å². The number of hydrogen-bond acceptors (Lipinski definition) is 4. The van der Waals surface area contributed by atoms with Gasteiger partial charge in [-0.15, -0.1) is 0 Å². The van der Waals surface area contributed by atoms with Crippen molar-refractivity contribution in [2.24, 2.45) is 0 Å². The van der Waals surface area contributed by atoms with Gasteiger partial charge in [0.05, 0.1) is 0 Å². The predicted octanol–water partition coefficient (Wildman–Crippen LogP) is 4.33. The molecule has 0 spiro atoms. The third-order valence-corrected chi connectivity index (χ3v) is 3.74. The van der Waals surface area contributed by atoms with Crippen LogP contribution in [0.15, 0.2) is 71.1 Å². The first-order chi connectivity index (χ1) is 11.2. The van der Waals surface area contributed by atoms with Gasteiger partial charge in [0.2, 0.25) is 5.89 Å². The minimum absolute atomic E-state index is 0.567. The second kappa shape index (κ2) is 5.18. The fourth-order valence-electron chi connectivity index (χ4n) is 2.62. The van der Waals surface area contributed by atoms with E-state index in [0.717, 1.165) is 33.5 Å². The molecule has 0 saturated heterocycles. The van der Waals surface area contributed by atoms with Crippen LogP contribution < -0.4 is 11.5 Å². The maximum atomic E-state index is 5.90. The van der Waals surface area contributed by atoms with E-state index in [1.54, 1.807) is 0 Å². The van der Waals surface area contributed by atoms with Crippen molar-refractivity contribution in [2.75, 3.05) is 11.5 Å². The predicted molar refractivity (Wildman–Crippen MR) is 93.7 cm³/mol. The molecule has 0 unspecified atom stereocenters. The van der Waals surface area contributed by atoms with Gasteiger partial charge in [0, 0.05) is 16.9 Å². The zero-order valence-corrected chi connectivity index (χ0v) is 12.4. The van der Waals surface area contributed by atoms with E-state index in [9.17, 15) is 0 Å². The van der Waals surface area contributed by atoms with Crippen LogP contribution in [0.25, 0.3) is 33.7 Å². The molecule has 0 atom stereocenters. The molecular weight excluding hydrogens is 286 g/mol. The van der Waals surface area contributed by atoms with Crippen molar-refractivity contribution in [2.45, 2.75) is 0 Å². The second-order valence-electron chi connectivity index (χ2n) is 5.45. The Bertz CT molecular complexity index is 961. The second-order valence-corrected chi connectivity index (χ2v) is 5.45. The number of aromatic nitrogens is 1. The average Bonchev–Trinajstić information content (AvgIpc) is 2.98. The van der Waals surface area contributed by atoms with E-state index in [2.05, 4.69) is 4.98 Å². The van der Waals surface area contributed by atoms with Gasteiger partial charge in [0.1, 0.15) is 5.52 Å². The SMILES string of the molecule is Nc1cccc(-c2ccc3nc(-c4cccc(N)c4)oc3c2)c1. The summed E-state index contributed by atoms with van der Waals surface area (Å²) in [6.45, 7) is 0. The van der Waals surface area contributed by atoms with Gasteiger partial charge in [0.25, 0.3) is 0 Å². The number of fused-ring (bicyclic) bond motifs is 1. The van der Waals surface area contributed by atoms with Crippen molar-refractivity contribution in [1.29, 1.82) is 0 Å². The monoisotopic (exact) mass is 301 g/mol. The summed E-state index contributed by atoms with van der Waals surface area (Å²) in [6, 6.07) is 21.2. The molecule has 1 heterocycles. The van der Waals surface area contributed by atoms with Crippen molar-refractivity contribution in [3.05, 3.63) is 66.7 Å². The summed E-state index contributed by atoms with van der Waals surface area (Å²) in [4.78, 5) is 4.53. The zero-order valence-electron chi connectivity index (χ0n) is 12.4. The van der Waals surface area contributed by atoms with Crippen LogP contribution in [0, 0.1) is 0 Å². The first kappa shape index (κ1) is 13.4. The van der Waals surface area contributed by atoms with Gasteiger partial charge in [-0.2, -0.15) is 0 Å². The highest BCUT2D eigenvalue weighted by molar-refractivity contribution is 5.83. The van der Waals surface area contributed by atoms with E-state index in [1.165, 1.54) is 0 Å². The summed E-state index contributed by atoms with van der Waals surface area (Å²) >= 11 is 0. The van der Waals surface area contributed by atoms with Crippen LogP contribution in [0.5, 0.6) is 0 Å². The van der Waals surface area contributed by atoms with Gasteiger partial charge in [-0.05, 0) is 53.6 Å². The molecule has 0 fully saturated rings. The molecule has 112 valence electrons. The van der Waals surface area contributed by atoms with E-state index in [1.807, 2.05) is 66.7 Å². The maximum absolute atomic E-state index is 5.90. The largest absolute Gasteiger partial charge is 0.436 e. The lowest BCUT2D eigenvalue weighted by Gasteiger charge is -2.02. The summed E-state index contributed by atoms with van der Waals surface area (Å²) < 4.78 is 5.90. The lowest BCUT2D eigenvalue weighted by Crippen LogP contribution is -1.85. The Balaban J connectivity index is 1.81. The van der Waals surface area contributed by atoms with Crippen LogP contribution in [0.4, 0.5) is 11.4 Å². The molecule has 23 heavy (non-hydrogen) atoms. The van der Waals surface area contributed by atoms with Gasteiger partial charge >= 0.3 is 0 Å². The number of benzene rings is 3. The van der Waals surface area contributed by atoms with Crippen LogP contribution in [0.1, 0.15) is 0 Å². The number of nitrogens with zero attached hydrogens (tertiary/aromatic N) is 1. The van der Waals surface area contributed by atoms with Crippen molar-refractivity contribution in [1.82, 2.24) is 4.98 Å². The smallest absolute Gasteiger partial charge is 0.227 e. The molecule has 0 aliphatic heterocycles. The molecule has 0 saturated carbocycles. The van der Waals surface area contributed by atoms with E-state index in [0.29, 0.717) is 11.6 Å². The molecule has 4 aromatic rings. The molecule has 4 rings (SSSR count). The molecule has 0 bridgehead atoms. The van der Waals surface area contributed by atoms with Crippen molar-refractivity contribution in [3.8, 4) is 22.6 Å². The molecule has 4 N–H and O–H groups in total. The number of oxazole rings is 1. The summed E-state index contributed by atoms with van der Waals surface area (Å²) in [7, 11) is 0. The number of hydrogen-bond donors (Lipinski definition) is 2. The number of rotatable bonds is 2. The molecule has 0 amide bonds. The van der Waals surface area contributed by atoms with Crippen LogP contribution >= 0.6 is 0 Å². The Hall–Kier alpha value is -3.27. The fourth-order valence-corrected chi connectivity index (χ4v) is 2.62. The third kappa shape index (κ3) is 2.51. The first-order valence-corrected chi connectivity index (χ1v) is 7.31. The summed E-state index contributed by atoms with van der Waals surface area (Å²) in [5.74, 6) is 0.567. The third-order valence-electron chi connectivity index (χ3n) is 3.74. The molecule has 0 aliphatic rings. The van der Waals surface area contributed by atoms with Gasteiger partial charge in [-0.25, -0.2) is 4.98 Å². The molecule has 0 aliphatic carbocycles. The van der Waals surface area contributed by atoms with Crippen molar-refractivity contribution in [3.63, 3.8) is 0 Å². The van der Waals surface area contributed by atoms with Crippen molar-refractivity contribution >= 4 is 22.5 Å². The van der Waals surface area contributed by atoms with E-state index >= 15 is 0 Å². The minimum Gasteiger partial charge on any atom is -0.436 e. The highest BCUT2D eigenvalue weighted by Gasteiger charge is 2.10. The topological polar surface area (TPSA) is 78.1 Å². The summed E-state index contributed by atoms with van der Waals surface area (Å²) in [5, 5.41) is 0. The Kier molecular flexibility index (Phi) is 3.01. The van der Waals surface area contributed by atoms with Gasteiger partial charge in [-0.3, -0.25) is 0 Å². The standard InChI is InChI=1S/C19H15N3O/c20-15-5-1-3-12(9-15)13-7-8-17-18(11-13)23-19(22-17)14-4-2-6-16(21)10-14/h1-11H,20-21H2. The zero-order chi connectivity index (χ0) is 15.8. The molecule has 3 aromatic carbocycles. The maximum Gasteiger partial charge on any atom is 0.227 e. The minimum atomic E-state index is 0.567. The highest BCUT2D eigenvalue weighted by atomic mass is 16.3. The Morgan fingerprint density at radius 2 is 1.35 bits per heavy atom. The quantitative estimate of drug-likeness (QED) is 0.540. The molecule has 4 nitrogen and oxygen atoms in total. The average molecular weight is 301 g/mol. The normalized spacial score (nSPS) is 11.0. The molecule has 0 radical (unpaired) electrons. The number of anilines is 2. The van der Waals surface area contributed by atoms with E-state index in [-0.39, 0.29) is 0 Å². The van der Waals surface area contributed by atoms with Gasteiger partial charge in [-0.1, -0.05) is 24.3 Å². The highest BCUT2D eigenvalue weighted by Crippen LogP contribution is 2.29. The van der Waals surface area contributed by atoms with Crippen LogP contribution in [-0.4, -0.2) is 4.98 Å². The summed E-state index contributed by atoms with van der Waals surface area (Å²) in [5.41, 5.74) is 17.6. The van der Waals surface area contributed by atoms with Crippen molar-refractivity contribution < 1.29 is 4.42 Å². The fraction of sp³-hybridized carbons (Fsp3) is 0. The molecule has 4 heteroatoms. The summed E-state index contributed by atoms with van der Waals surface area (Å²) in [6.07, 6.45) is 0. The van der Waals surface area contributed by atoms with Crippen LogP contribution in [-0.2, 0) is 0 Å². The Morgan fingerprint density at radius 1 is 0.696 bits per heavy atom. The number of nitrogen functional groups attached to an aromatic ring is 2. The van der Waals surface area contributed by atoms with Gasteiger partial charge in [0.15, 0.2) is 5.58 Å². The molecular formula is C19H15N3O. The van der Waals surface area contributed by atoms with E-state index in [4.69, 9.17) is 15.9 Å². The Labute approximate surface area is 133 Å². The number of nitrogens with two attached hydrogens (primary N) is 2. The first-order valence-electron chi connectivity index (χ1n) is 7.31. The lowest BCUT2D eigenvalue weighted by atomic mass is 10.0. The van der Waals surface area contributed by atoms with Crippen LogP contribution in [0.2, 0.25) is 0 Å². The van der Waals surface area contributed by atoms with Crippen LogP contribution in [0.3, 0.4) is 0 Å². The Morgan fingerprint density at radius 3 is 2.09 bits per heavy atom. The lowest BCUT2D eigenvalue weighted by molar-refractivity contribution is 0.620. The molecule has 1 aromatic heterocycles.